The van der Waals surface area contributed by atoms with Gasteiger partial charge in [0.25, 0.3) is 0 Å². The van der Waals surface area contributed by atoms with E-state index in [0.29, 0.717) is 18.1 Å². The average molecular weight is 295 g/mol. The van der Waals surface area contributed by atoms with Gasteiger partial charge in [-0.2, -0.15) is 0 Å². The van der Waals surface area contributed by atoms with Gasteiger partial charge in [0.05, 0.1) is 23.9 Å². The summed E-state index contributed by atoms with van der Waals surface area (Å²) in [5.41, 5.74) is 7.29. The van der Waals surface area contributed by atoms with Gasteiger partial charge in [0.2, 0.25) is 0 Å². The van der Waals surface area contributed by atoms with E-state index in [-0.39, 0.29) is 18.3 Å². The predicted octanol–water partition coefficient (Wildman–Crippen LogP) is 1.00. The lowest BCUT2D eigenvalue weighted by molar-refractivity contribution is -0.101. The van der Waals surface area contributed by atoms with Gasteiger partial charge in [0, 0.05) is 19.3 Å². The van der Waals surface area contributed by atoms with Crippen LogP contribution >= 0.6 is 12.2 Å². The van der Waals surface area contributed by atoms with Crippen LogP contribution in [0, 0.1) is 6.92 Å². The average Bonchev–Trinajstić information content (AvgIpc) is 2.36. The number of hydrogen-bond donors (Lipinski definition) is 2. The first-order valence-electron chi connectivity index (χ1n) is 6.63. The summed E-state index contributed by atoms with van der Waals surface area (Å²) >= 11 is 5.15. The Hall–Kier alpha value is -1.24. The van der Waals surface area contributed by atoms with Gasteiger partial charge in [-0.05, 0) is 32.4 Å². The molecule has 1 atom stereocenters. The monoisotopic (exact) mass is 295 g/mol. The Labute approximate surface area is 124 Å². The first-order chi connectivity index (χ1) is 9.34. The second kappa shape index (κ2) is 5.63. The van der Waals surface area contributed by atoms with Crippen LogP contribution in [0.2, 0.25) is 0 Å². The number of aliphatic hydroxyl groups excluding tert-OH is 1. The zero-order chi connectivity index (χ0) is 14.9. The molecule has 0 saturated carbocycles. The van der Waals surface area contributed by atoms with Crippen LogP contribution in [-0.4, -0.2) is 46.5 Å². The second-order valence-corrected chi connectivity index (χ2v) is 6.19. The van der Waals surface area contributed by atoms with E-state index >= 15 is 0 Å². The first kappa shape index (κ1) is 15.2. The fourth-order valence-corrected chi connectivity index (χ4v) is 2.89. The molecule has 1 aromatic rings. The van der Waals surface area contributed by atoms with Crippen LogP contribution in [0.25, 0.3) is 0 Å². The minimum atomic E-state index is -0.357. The van der Waals surface area contributed by atoms with Crippen molar-refractivity contribution in [2.45, 2.75) is 32.5 Å². The number of aliphatic hydroxyl groups is 1. The van der Waals surface area contributed by atoms with Gasteiger partial charge in [-0.25, -0.2) is 4.98 Å². The molecule has 1 saturated heterocycles. The van der Waals surface area contributed by atoms with Crippen molar-refractivity contribution >= 4 is 23.0 Å². The molecule has 1 aromatic heterocycles. The number of anilines is 1. The van der Waals surface area contributed by atoms with E-state index in [2.05, 4.69) is 9.88 Å². The molecule has 5 nitrogen and oxygen atoms in total. The molecule has 1 aliphatic rings. The van der Waals surface area contributed by atoms with Crippen molar-refractivity contribution in [1.29, 1.82) is 0 Å². The summed E-state index contributed by atoms with van der Waals surface area (Å²) in [6.45, 7) is 7.20. The predicted molar refractivity (Wildman–Crippen MR) is 83.1 cm³/mol. The fraction of sp³-hybridized carbons (Fsp3) is 0.571. The Morgan fingerprint density at radius 3 is 2.95 bits per heavy atom. The van der Waals surface area contributed by atoms with Crippen molar-refractivity contribution in [3.8, 4) is 0 Å². The van der Waals surface area contributed by atoms with Crippen molar-refractivity contribution < 1.29 is 9.84 Å². The van der Waals surface area contributed by atoms with Crippen LogP contribution in [0.4, 0.5) is 5.82 Å². The molecule has 1 unspecified atom stereocenters. The first-order valence-corrected chi connectivity index (χ1v) is 7.04. The highest BCUT2D eigenvalue weighted by molar-refractivity contribution is 7.80. The van der Waals surface area contributed by atoms with Gasteiger partial charge < -0.3 is 20.5 Å². The molecule has 1 fully saturated rings. The van der Waals surface area contributed by atoms with Crippen molar-refractivity contribution in [1.82, 2.24) is 4.98 Å². The van der Waals surface area contributed by atoms with Crippen LogP contribution in [0.5, 0.6) is 0 Å². The minimum absolute atomic E-state index is 0.0197. The van der Waals surface area contributed by atoms with E-state index in [9.17, 15) is 5.11 Å². The standard InChI is InChI=1S/C14H21N3O2S/c1-9-4-5-16-13(11(9)12(15)20)17-6-10(7-18)19-14(2,3)8-17/h4-5,10,18H,6-8H2,1-3H3,(H2,15,20). The van der Waals surface area contributed by atoms with Crippen LogP contribution in [0.15, 0.2) is 12.3 Å². The topological polar surface area (TPSA) is 71.6 Å². The Bertz CT molecular complexity index is 519. The highest BCUT2D eigenvalue weighted by atomic mass is 32.1. The third-order valence-corrected chi connectivity index (χ3v) is 3.57. The molecular weight excluding hydrogens is 274 g/mol. The number of rotatable bonds is 3. The van der Waals surface area contributed by atoms with E-state index in [1.54, 1.807) is 6.20 Å². The number of pyridine rings is 1. The third kappa shape index (κ3) is 3.08. The zero-order valence-corrected chi connectivity index (χ0v) is 12.9. The maximum absolute atomic E-state index is 9.40. The quantitative estimate of drug-likeness (QED) is 0.811. The molecule has 0 aromatic carbocycles. The normalized spacial score (nSPS) is 21.8. The van der Waals surface area contributed by atoms with E-state index < -0.39 is 0 Å². The Morgan fingerprint density at radius 2 is 2.35 bits per heavy atom. The molecule has 1 aliphatic heterocycles. The van der Waals surface area contributed by atoms with E-state index in [0.717, 1.165) is 16.9 Å². The molecule has 0 aliphatic carbocycles. The summed E-state index contributed by atoms with van der Waals surface area (Å²) in [4.78, 5) is 6.87. The molecular formula is C14H21N3O2S. The number of thiocarbonyl (C=S) groups is 1. The molecule has 6 heteroatoms. The summed E-state index contributed by atoms with van der Waals surface area (Å²) in [6, 6.07) is 1.90. The minimum Gasteiger partial charge on any atom is -0.394 e. The molecule has 0 bridgehead atoms. The van der Waals surface area contributed by atoms with Gasteiger partial charge in [0.15, 0.2) is 0 Å². The Morgan fingerprint density at radius 1 is 1.65 bits per heavy atom. The SMILES string of the molecule is Cc1ccnc(N2CC(CO)OC(C)(C)C2)c1C(N)=S. The number of nitrogens with two attached hydrogens (primary N) is 1. The lowest BCUT2D eigenvalue weighted by Gasteiger charge is -2.43. The van der Waals surface area contributed by atoms with Crippen molar-refractivity contribution in [2.75, 3.05) is 24.6 Å². The molecule has 110 valence electrons. The third-order valence-electron chi connectivity index (χ3n) is 3.37. The molecule has 0 radical (unpaired) electrons. The number of hydrogen-bond acceptors (Lipinski definition) is 5. The van der Waals surface area contributed by atoms with Gasteiger partial charge in [-0.1, -0.05) is 12.2 Å². The molecule has 20 heavy (non-hydrogen) atoms. The fourth-order valence-electron chi connectivity index (χ4n) is 2.64. The van der Waals surface area contributed by atoms with Crippen molar-refractivity contribution in [3.63, 3.8) is 0 Å². The number of ether oxygens (including phenoxy) is 1. The summed E-state index contributed by atoms with van der Waals surface area (Å²) in [5, 5.41) is 9.40. The van der Waals surface area contributed by atoms with Gasteiger partial charge >= 0.3 is 0 Å². The van der Waals surface area contributed by atoms with Crippen molar-refractivity contribution in [2.24, 2.45) is 5.73 Å². The highest BCUT2D eigenvalue weighted by Gasteiger charge is 2.34. The maximum atomic E-state index is 9.40. The highest BCUT2D eigenvalue weighted by Crippen LogP contribution is 2.28. The summed E-state index contributed by atoms with van der Waals surface area (Å²) < 4.78 is 5.82. The van der Waals surface area contributed by atoms with Gasteiger partial charge in [-0.3, -0.25) is 0 Å². The number of nitrogens with zero attached hydrogens (tertiary/aromatic N) is 2. The number of morpholine rings is 1. The van der Waals surface area contributed by atoms with E-state index in [1.165, 1.54) is 0 Å². The molecule has 2 rings (SSSR count). The number of aryl methyl sites for hydroxylation is 1. The van der Waals surface area contributed by atoms with Gasteiger partial charge in [-0.15, -0.1) is 0 Å². The second-order valence-electron chi connectivity index (χ2n) is 5.75. The number of aromatic nitrogens is 1. The van der Waals surface area contributed by atoms with Crippen LogP contribution in [-0.2, 0) is 4.74 Å². The maximum Gasteiger partial charge on any atom is 0.139 e. The molecule has 2 heterocycles. The van der Waals surface area contributed by atoms with Crippen molar-refractivity contribution in [3.05, 3.63) is 23.4 Å². The molecule has 0 spiro atoms. The summed E-state index contributed by atoms with van der Waals surface area (Å²) in [7, 11) is 0. The van der Waals surface area contributed by atoms with Crippen LogP contribution in [0.1, 0.15) is 25.0 Å². The van der Waals surface area contributed by atoms with E-state index in [4.69, 9.17) is 22.7 Å². The lowest BCUT2D eigenvalue weighted by Crippen LogP contribution is -2.54. The Balaban J connectivity index is 2.40. The smallest absolute Gasteiger partial charge is 0.139 e. The zero-order valence-electron chi connectivity index (χ0n) is 12.1. The summed E-state index contributed by atoms with van der Waals surface area (Å²) in [5.74, 6) is 0.771. The largest absolute Gasteiger partial charge is 0.394 e. The summed E-state index contributed by atoms with van der Waals surface area (Å²) in [6.07, 6.45) is 1.52. The Kier molecular flexibility index (Phi) is 4.27. The van der Waals surface area contributed by atoms with Crippen LogP contribution < -0.4 is 10.6 Å². The molecule has 3 N–H and O–H groups in total. The van der Waals surface area contributed by atoms with Gasteiger partial charge in [0.1, 0.15) is 10.8 Å². The molecule has 0 amide bonds. The van der Waals surface area contributed by atoms with E-state index in [1.807, 2.05) is 26.8 Å². The van der Waals surface area contributed by atoms with Crippen LogP contribution in [0.3, 0.4) is 0 Å². The lowest BCUT2D eigenvalue weighted by atomic mass is 10.0.